The summed E-state index contributed by atoms with van der Waals surface area (Å²) in [6, 6.07) is 8.23. The van der Waals surface area contributed by atoms with E-state index in [2.05, 4.69) is 28.7 Å². The maximum atomic E-state index is 11.8. The van der Waals surface area contributed by atoms with Gasteiger partial charge in [-0.25, -0.2) is 9.19 Å². The van der Waals surface area contributed by atoms with E-state index in [0.717, 1.165) is 41.6 Å². The Kier molecular flexibility index (Phi) is 4.42. The number of nitrogens with zero attached hydrogens (tertiary/aromatic N) is 2. The molecule has 1 aliphatic rings. The Morgan fingerprint density at radius 1 is 1.33 bits per heavy atom. The predicted octanol–water partition coefficient (Wildman–Crippen LogP) is 4.11. The first-order chi connectivity index (χ1) is 11.7. The maximum absolute atomic E-state index is 11.8. The molecule has 1 unspecified atom stereocenters. The summed E-state index contributed by atoms with van der Waals surface area (Å²) in [6.07, 6.45) is 2.71. The molecule has 1 aliphatic heterocycles. The van der Waals surface area contributed by atoms with Gasteiger partial charge in [-0.1, -0.05) is 19.1 Å². The van der Waals surface area contributed by atoms with E-state index >= 15 is 0 Å². The molecule has 2 aromatic heterocycles. The van der Waals surface area contributed by atoms with Crippen LogP contribution in [0.2, 0.25) is 0 Å². The van der Waals surface area contributed by atoms with E-state index in [1.807, 2.05) is 12.1 Å². The molecule has 0 aliphatic carbocycles. The number of hydrogen-bond acceptors (Lipinski definition) is 5. The van der Waals surface area contributed by atoms with Crippen LogP contribution in [0.15, 0.2) is 24.3 Å². The minimum absolute atomic E-state index is 0.979. The average Bonchev–Trinajstić information content (AvgIpc) is 3.13. The summed E-state index contributed by atoms with van der Waals surface area (Å²) in [4.78, 5) is 8.68. The van der Waals surface area contributed by atoms with Crippen LogP contribution in [0.3, 0.4) is 0 Å². The van der Waals surface area contributed by atoms with Gasteiger partial charge in [0.1, 0.15) is 21.0 Å². The minimum atomic E-state index is -1.08. The Hall–Kier alpha value is -1.28. The summed E-state index contributed by atoms with van der Waals surface area (Å²) < 4.78 is 16.1. The summed E-state index contributed by atoms with van der Waals surface area (Å²) in [5.74, 6) is 0. The molecule has 0 bridgehead atoms. The molecule has 1 aromatic carbocycles. The van der Waals surface area contributed by atoms with Crippen LogP contribution in [0.1, 0.15) is 17.4 Å². The fraction of sp³-hybridized carbons (Fsp3) is 0.353. The normalized spacial score (nSPS) is 16.2. The predicted molar refractivity (Wildman–Crippen MR) is 105 cm³/mol. The molecular formula is C17H19N3OS3. The highest BCUT2D eigenvalue weighted by Crippen LogP contribution is 2.45. The van der Waals surface area contributed by atoms with Gasteiger partial charge >= 0.3 is 0 Å². The molecule has 0 radical (unpaired) electrons. The van der Waals surface area contributed by atoms with Gasteiger partial charge in [-0.2, -0.15) is 0 Å². The summed E-state index contributed by atoms with van der Waals surface area (Å²) in [5.41, 5.74) is 3.59. The Bertz CT molecular complexity index is 882. The molecule has 4 nitrogen and oxygen atoms in total. The Morgan fingerprint density at radius 2 is 2.17 bits per heavy atom. The lowest BCUT2D eigenvalue weighted by molar-refractivity contribution is 0.272. The first kappa shape index (κ1) is 16.2. The first-order valence-electron chi connectivity index (χ1n) is 7.98. The molecule has 1 N–H and O–H groups in total. The topological polar surface area (TPSA) is 45.2 Å². The molecular weight excluding hydrogens is 358 g/mol. The number of benzene rings is 1. The van der Waals surface area contributed by atoms with Gasteiger partial charge in [-0.05, 0) is 30.7 Å². The third-order valence-corrected chi connectivity index (χ3v) is 7.13. The lowest BCUT2D eigenvalue weighted by Crippen LogP contribution is -2.29. The van der Waals surface area contributed by atoms with Crippen molar-refractivity contribution in [3.63, 3.8) is 0 Å². The van der Waals surface area contributed by atoms with Gasteiger partial charge in [0.2, 0.25) is 0 Å². The lowest BCUT2D eigenvalue weighted by atomic mass is 10.0. The number of nitrogens with one attached hydrogen (secondary N) is 1. The van der Waals surface area contributed by atoms with Crippen LogP contribution >= 0.6 is 22.7 Å². The van der Waals surface area contributed by atoms with Crippen molar-refractivity contribution in [2.45, 2.75) is 19.9 Å². The van der Waals surface area contributed by atoms with Crippen LogP contribution in [-0.2, 0) is 24.0 Å². The molecule has 3 aromatic rings. The van der Waals surface area contributed by atoms with Gasteiger partial charge in [0, 0.05) is 29.8 Å². The monoisotopic (exact) mass is 377 g/mol. The number of thiophene rings is 1. The van der Waals surface area contributed by atoms with Crippen molar-refractivity contribution in [3.8, 4) is 10.6 Å². The zero-order valence-corrected chi connectivity index (χ0v) is 16.1. The van der Waals surface area contributed by atoms with Crippen molar-refractivity contribution in [1.82, 2.24) is 9.88 Å². The third kappa shape index (κ3) is 2.90. The molecule has 0 fully saturated rings. The van der Waals surface area contributed by atoms with Gasteiger partial charge in [0.05, 0.1) is 10.2 Å². The van der Waals surface area contributed by atoms with E-state index in [4.69, 9.17) is 4.98 Å². The van der Waals surface area contributed by atoms with E-state index in [0.29, 0.717) is 0 Å². The number of hydrogen-bond donors (Lipinski definition) is 1. The summed E-state index contributed by atoms with van der Waals surface area (Å²) >= 11 is 3.45. The van der Waals surface area contributed by atoms with Crippen molar-refractivity contribution in [2.24, 2.45) is 0 Å². The van der Waals surface area contributed by atoms with E-state index in [9.17, 15) is 4.21 Å². The molecule has 0 spiro atoms. The van der Waals surface area contributed by atoms with Gasteiger partial charge < -0.3 is 0 Å². The van der Waals surface area contributed by atoms with Crippen molar-refractivity contribution in [1.29, 1.82) is 0 Å². The quantitative estimate of drug-likeness (QED) is 0.744. The average molecular weight is 378 g/mol. The second-order valence-corrected chi connectivity index (χ2v) is 9.12. The van der Waals surface area contributed by atoms with Gasteiger partial charge in [-0.15, -0.1) is 22.7 Å². The molecule has 0 saturated heterocycles. The van der Waals surface area contributed by atoms with E-state index in [-0.39, 0.29) is 0 Å². The maximum Gasteiger partial charge on any atom is 0.127 e. The van der Waals surface area contributed by atoms with Crippen LogP contribution in [0.25, 0.3) is 20.8 Å². The number of fused-ring (bicyclic) bond motifs is 2. The fourth-order valence-electron chi connectivity index (χ4n) is 3.13. The van der Waals surface area contributed by atoms with Crippen molar-refractivity contribution in [3.05, 3.63) is 34.7 Å². The Balaban J connectivity index is 1.86. The van der Waals surface area contributed by atoms with Crippen molar-refractivity contribution >= 4 is 48.9 Å². The Morgan fingerprint density at radius 3 is 2.92 bits per heavy atom. The number of thiazole rings is 1. The highest BCUT2D eigenvalue weighted by Gasteiger charge is 2.26. The Labute approximate surface area is 152 Å². The zero-order chi connectivity index (χ0) is 16.7. The van der Waals surface area contributed by atoms with E-state index in [1.54, 1.807) is 28.9 Å². The molecule has 126 valence electrons. The van der Waals surface area contributed by atoms with Gasteiger partial charge in [0.15, 0.2) is 0 Å². The molecule has 4 rings (SSSR count). The van der Waals surface area contributed by atoms with Gasteiger partial charge in [-0.3, -0.25) is 9.62 Å². The number of rotatable bonds is 4. The molecule has 3 heterocycles. The number of para-hydroxylation sites is 1. The standard InChI is InChI=1S/C17H19N3OS3/c1-3-20-9-8-11-14(10-20)23-17(19-24(2)21)15(11)16-18-12-6-4-5-7-13(12)22-16/h4-7,19H,3,8-10H2,1-2H3. The van der Waals surface area contributed by atoms with Gasteiger partial charge in [0.25, 0.3) is 0 Å². The minimum Gasteiger partial charge on any atom is -0.298 e. The van der Waals surface area contributed by atoms with Crippen molar-refractivity contribution in [2.75, 3.05) is 24.1 Å². The number of aromatic nitrogens is 1. The summed E-state index contributed by atoms with van der Waals surface area (Å²) in [7, 11) is -1.08. The van der Waals surface area contributed by atoms with Crippen LogP contribution < -0.4 is 4.72 Å². The summed E-state index contributed by atoms with van der Waals surface area (Å²) in [5, 5.41) is 2.03. The van der Waals surface area contributed by atoms with E-state index in [1.165, 1.54) is 20.7 Å². The third-order valence-electron chi connectivity index (χ3n) is 4.33. The second-order valence-electron chi connectivity index (χ2n) is 5.87. The van der Waals surface area contributed by atoms with E-state index < -0.39 is 11.0 Å². The van der Waals surface area contributed by atoms with Crippen LogP contribution in [0.4, 0.5) is 5.00 Å². The van der Waals surface area contributed by atoms with Crippen LogP contribution in [-0.4, -0.2) is 33.4 Å². The number of anilines is 1. The molecule has 0 amide bonds. The number of likely N-dealkylation sites (N-methyl/N-ethyl adjacent to an activating group) is 1. The zero-order valence-electron chi connectivity index (χ0n) is 13.7. The molecule has 1 atom stereocenters. The first-order valence-corrected chi connectivity index (χ1v) is 11.2. The van der Waals surface area contributed by atoms with Crippen LogP contribution in [0.5, 0.6) is 0 Å². The highest BCUT2D eigenvalue weighted by molar-refractivity contribution is 7.85. The molecule has 24 heavy (non-hydrogen) atoms. The smallest absolute Gasteiger partial charge is 0.127 e. The fourth-order valence-corrected chi connectivity index (χ4v) is 6.27. The lowest BCUT2D eigenvalue weighted by Gasteiger charge is -2.25. The van der Waals surface area contributed by atoms with Crippen LogP contribution in [0, 0.1) is 0 Å². The second kappa shape index (κ2) is 6.55. The highest BCUT2D eigenvalue weighted by atomic mass is 32.2. The molecule has 7 heteroatoms. The molecule has 0 saturated carbocycles. The SMILES string of the molecule is CCN1CCc2c(sc(NS(C)=O)c2-c2nc3ccccc3s2)C1. The summed E-state index contributed by atoms with van der Waals surface area (Å²) in [6.45, 7) is 5.32. The van der Waals surface area contributed by atoms with Crippen molar-refractivity contribution < 1.29 is 4.21 Å². The largest absolute Gasteiger partial charge is 0.298 e.